The van der Waals surface area contributed by atoms with E-state index in [1.54, 1.807) is 12.1 Å². The molecule has 2 N–H and O–H groups in total. The topological polar surface area (TPSA) is 58.6 Å². The summed E-state index contributed by atoms with van der Waals surface area (Å²) < 4.78 is 34.0. The Morgan fingerprint density at radius 1 is 1.14 bits per heavy atom. The van der Waals surface area contributed by atoms with Crippen LogP contribution in [-0.4, -0.2) is 23.2 Å². The molecule has 1 aliphatic heterocycles. The number of aliphatic hydroxyl groups is 1. The normalized spacial score (nSPS) is 24.0. The summed E-state index contributed by atoms with van der Waals surface area (Å²) in [6.45, 7) is 0.0643. The van der Waals surface area contributed by atoms with Crippen LogP contribution in [0.25, 0.3) is 0 Å². The number of carbonyl (C=O) groups excluding carboxylic acids is 1. The molecule has 0 bridgehead atoms. The van der Waals surface area contributed by atoms with Gasteiger partial charge in [0.25, 0.3) is 0 Å². The first-order valence-corrected chi connectivity index (χ1v) is 10.1. The molecule has 2 aliphatic rings. The average Bonchev–Trinajstić information content (AvgIpc) is 2.69. The molecule has 154 valence electrons. The third-order valence-corrected chi connectivity index (χ3v) is 6.14. The first-order valence-electron chi connectivity index (χ1n) is 9.76. The number of ether oxygens (including phenoxy) is 1. The van der Waals surface area contributed by atoms with Crippen molar-refractivity contribution in [3.05, 3.63) is 58.1 Å². The van der Waals surface area contributed by atoms with E-state index in [0.717, 1.165) is 0 Å². The minimum Gasteiger partial charge on any atom is -0.490 e. The number of anilines is 1. The van der Waals surface area contributed by atoms with Crippen molar-refractivity contribution in [2.45, 2.75) is 50.0 Å². The Morgan fingerprint density at radius 3 is 2.62 bits per heavy atom. The number of halogens is 3. The van der Waals surface area contributed by atoms with Crippen molar-refractivity contribution in [3.63, 3.8) is 0 Å². The highest BCUT2D eigenvalue weighted by Gasteiger charge is 2.35. The van der Waals surface area contributed by atoms with E-state index in [-0.39, 0.29) is 36.4 Å². The summed E-state index contributed by atoms with van der Waals surface area (Å²) >= 11 is 5.83. The number of nitrogens with one attached hydrogen (secondary N) is 1. The Kier molecular flexibility index (Phi) is 5.49. The molecule has 1 heterocycles. The molecule has 0 aromatic heterocycles. The van der Waals surface area contributed by atoms with Crippen molar-refractivity contribution in [2.75, 3.05) is 11.9 Å². The molecule has 0 unspecified atom stereocenters. The summed E-state index contributed by atoms with van der Waals surface area (Å²) in [4.78, 5) is 11.5. The number of carbonyl (C=O) groups is 1. The van der Waals surface area contributed by atoms with Crippen molar-refractivity contribution >= 4 is 23.2 Å². The highest BCUT2D eigenvalue weighted by Crippen LogP contribution is 2.40. The first-order chi connectivity index (χ1) is 13.8. The van der Waals surface area contributed by atoms with Gasteiger partial charge < -0.3 is 15.2 Å². The van der Waals surface area contributed by atoms with Gasteiger partial charge in [-0.25, -0.2) is 8.78 Å². The van der Waals surface area contributed by atoms with Gasteiger partial charge in [-0.05, 0) is 67.9 Å². The van der Waals surface area contributed by atoms with Gasteiger partial charge in [0.2, 0.25) is 5.91 Å². The minimum absolute atomic E-state index is 0.0290. The zero-order chi connectivity index (χ0) is 20.6. The van der Waals surface area contributed by atoms with Crippen LogP contribution in [-0.2, 0) is 11.2 Å². The second-order valence-corrected chi connectivity index (χ2v) is 8.34. The van der Waals surface area contributed by atoms with Crippen molar-refractivity contribution < 1.29 is 23.4 Å². The van der Waals surface area contributed by atoms with E-state index in [2.05, 4.69) is 5.32 Å². The van der Waals surface area contributed by atoms with Gasteiger partial charge in [-0.3, -0.25) is 4.79 Å². The van der Waals surface area contributed by atoms with Gasteiger partial charge in [0.15, 0.2) is 0 Å². The number of rotatable bonds is 4. The van der Waals surface area contributed by atoms with E-state index in [0.29, 0.717) is 54.0 Å². The number of amides is 1. The monoisotopic (exact) mass is 421 g/mol. The standard InChI is InChI=1S/C22H22ClF2NO3/c23-14-1-2-15(18(25)11-14)13-7-9-22(28,10-8-13)12-29-19-5-4-17(24)21-16(19)3-6-20(27)26-21/h1-2,4-5,11,13,28H,3,6-10,12H2,(H,26,27). The molecule has 29 heavy (non-hydrogen) atoms. The summed E-state index contributed by atoms with van der Waals surface area (Å²) in [6.07, 6.45) is 2.88. The minimum atomic E-state index is -1.03. The molecule has 1 fully saturated rings. The number of fused-ring (bicyclic) bond motifs is 1. The van der Waals surface area contributed by atoms with Crippen molar-refractivity contribution in [1.82, 2.24) is 0 Å². The van der Waals surface area contributed by atoms with Gasteiger partial charge in [0.05, 0.1) is 11.3 Å². The van der Waals surface area contributed by atoms with Crippen LogP contribution in [0.15, 0.2) is 30.3 Å². The summed E-state index contributed by atoms with van der Waals surface area (Å²) in [5.74, 6) is -0.532. The summed E-state index contributed by atoms with van der Waals surface area (Å²) in [6, 6.07) is 7.49. The molecule has 0 spiro atoms. The van der Waals surface area contributed by atoms with Gasteiger partial charge in [0.1, 0.15) is 24.0 Å². The van der Waals surface area contributed by atoms with Crippen molar-refractivity contribution in [1.29, 1.82) is 0 Å². The van der Waals surface area contributed by atoms with E-state index < -0.39 is 11.4 Å². The maximum atomic E-state index is 14.2. The van der Waals surface area contributed by atoms with Crippen molar-refractivity contribution in [2.24, 2.45) is 0 Å². The van der Waals surface area contributed by atoms with Crippen LogP contribution in [0.3, 0.4) is 0 Å². The van der Waals surface area contributed by atoms with Crippen LogP contribution in [0.2, 0.25) is 5.02 Å². The average molecular weight is 422 g/mol. The SMILES string of the molecule is O=C1CCc2c(OCC3(O)CCC(c4ccc(Cl)cc4F)CC3)ccc(F)c2N1. The highest BCUT2D eigenvalue weighted by molar-refractivity contribution is 6.30. The molecule has 1 saturated carbocycles. The molecule has 4 rings (SSSR count). The van der Waals surface area contributed by atoms with E-state index in [9.17, 15) is 18.7 Å². The van der Waals surface area contributed by atoms with Gasteiger partial charge >= 0.3 is 0 Å². The van der Waals surface area contributed by atoms with Crippen LogP contribution >= 0.6 is 11.6 Å². The van der Waals surface area contributed by atoms with Crippen LogP contribution < -0.4 is 10.1 Å². The third-order valence-electron chi connectivity index (χ3n) is 5.90. The summed E-state index contributed by atoms with van der Waals surface area (Å²) in [5.41, 5.74) is 0.372. The molecule has 7 heteroatoms. The van der Waals surface area contributed by atoms with Gasteiger partial charge in [-0.2, -0.15) is 0 Å². The maximum absolute atomic E-state index is 14.2. The van der Waals surface area contributed by atoms with E-state index in [1.165, 1.54) is 18.2 Å². The smallest absolute Gasteiger partial charge is 0.224 e. The lowest BCUT2D eigenvalue weighted by atomic mass is 9.76. The molecule has 1 amide bonds. The fraction of sp³-hybridized carbons (Fsp3) is 0.409. The van der Waals surface area contributed by atoms with E-state index in [4.69, 9.17) is 16.3 Å². The molecule has 0 radical (unpaired) electrons. The van der Waals surface area contributed by atoms with Crippen LogP contribution in [0.5, 0.6) is 5.75 Å². The Morgan fingerprint density at radius 2 is 1.90 bits per heavy atom. The fourth-order valence-corrected chi connectivity index (χ4v) is 4.37. The lowest BCUT2D eigenvalue weighted by molar-refractivity contribution is -0.116. The zero-order valence-corrected chi connectivity index (χ0v) is 16.6. The molecule has 1 aliphatic carbocycles. The molecule has 0 atom stereocenters. The molecule has 2 aromatic rings. The largest absolute Gasteiger partial charge is 0.490 e. The lowest BCUT2D eigenvalue weighted by Gasteiger charge is -2.36. The lowest BCUT2D eigenvalue weighted by Crippen LogP contribution is -2.39. The number of benzene rings is 2. The Hall–Kier alpha value is -2.18. The molecule has 2 aromatic carbocycles. The molecule has 4 nitrogen and oxygen atoms in total. The van der Waals surface area contributed by atoms with Gasteiger partial charge in [0, 0.05) is 17.0 Å². The van der Waals surface area contributed by atoms with Crippen LogP contribution in [0, 0.1) is 11.6 Å². The second kappa shape index (κ2) is 7.92. The molecular weight excluding hydrogens is 400 g/mol. The first kappa shape index (κ1) is 20.1. The molecular formula is C22H22ClF2NO3. The van der Waals surface area contributed by atoms with Gasteiger partial charge in [-0.1, -0.05) is 17.7 Å². The van der Waals surface area contributed by atoms with Crippen molar-refractivity contribution in [3.8, 4) is 5.75 Å². The predicted octanol–water partition coefficient (Wildman–Crippen LogP) is 4.97. The summed E-state index contributed by atoms with van der Waals surface area (Å²) in [5, 5.41) is 13.8. The highest BCUT2D eigenvalue weighted by atomic mass is 35.5. The predicted molar refractivity (Wildman–Crippen MR) is 106 cm³/mol. The maximum Gasteiger partial charge on any atom is 0.224 e. The van der Waals surface area contributed by atoms with Crippen LogP contribution in [0.1, 0.15) is 49.1 Å². The van der Waals surface area contributed by atoms with Crippen LogP contribution in [0.4, 0.5) is 14.5 Å². The number of hydrogen-bond donors (Lipinski definition) is 2. The second-order valence-electron chi connectivity index (χ2n) is 7.90. The fourth-order valence-electron chi connectivity index (χ4n) is 4.21. The Balaban J connectivity index is 1.41. The summed E-state index contributed by atoms with van der Waals surface area (Å²) in [7, 11) is 0. The van der Waals surface area contributed by atoms with Gasteiger partial charge in [-0.15, -0.1) is 0 Å². The van der Waals surface area contributed by atoms with E-state index >= 15 is 0 Å². The zero-order valence-electron chi connectivity index (χ0n) is 15.8. The number of hydrogen-bond acceptors (Lipinski definition) is 3. The Labute approximate surface area is 172 Å². The molecule has 0 saturated heterocycles. The quantitative estimate of drug-likeness (QED) is 0.732. The third kappa shape index (κ3) is 4.23. The van der Waals surface area contributed by atoms with E-state index in [1.807, 2.05) is 0 Å². The Bertz CT molecular complexity index is 942.